The third kappa shape index (κ3) is 5.52. The molecular weight excluding hydrogens is 413 g/mol. The Morgan fingerprint density at radius 1 is 1.36 bits per heavy atom. The molecule has 0 amide bonds. The van der Waals surface area contributed by atoms with E-state index in [4.69, 9.17) is 0 Å². The van der Waals surface area contributed by atoms with Crippen LogP contribution in [0, 0.1) is 0 Å². The van der Waals surface area contributed by atoms with E-state index in [1.54, 1.807) is 29.4 Å². The van der Waals surface area contributed by atoms with Crippen LogP contribution in [-0.2, 0) is 26.4 Å². The second-order valence-corrected chi connectivity index (χ2v) is 5.68. The number of hydrogen-bond donors (Lipinski definition) is 2. The van der Waals surface area contributed by atoms with Crippen molar-refractivity contribution in [2.45, 2.75) is 26.3 Å². The summed E-state index contributed by atoms with van der Waals surface area (Å²) >= 11 is 1.77. The summed E-state index contributed by atoms with van der Waals surface area (Å²) in [4.78, 5) is 14.1. The molecule has 2 aromatic heterocycles. The molecule has 0 radical (unpaired) electrons. The zero-order valence-electron chi connectivity index (χ0n) is 13.0. The number of aromatic nitrogens is 4. The van der Waals surface area contributed by atoms with Crippen molar-refractivity contribution in [1.82, 2.24) is 30.4 Å². The number of nitrogens with zero attached hydrogens (tertiary/aromatic N) is 5. The molecule has 122 valence electrons. The average Bonchev–Trinajstić information content (AvgIpc) is 3.11. The van der Waals surface area contributed by atoms with Gasteiger partial charge in [0.2, 0.25) is 0 Å². The highest BCUT2D eigenvalue weighted by molar-refractivity contribution is 14.0. The molecule has 2 N–H and O–H groups in total. The summed E-state index contributed by atoms with van der Waals surface area (Å²) in [5.74, 6) is 1.62. The predicted molar refractivity (Wildman–Crippen MR) is 99.8 cm³/mol. The van der Waals surface area contributed by atoms with E-state index in [0.717, 1.165) is 36.2 Å². The largest absolute Gasteiger partial charge is 0.356 e. The molecule has 2 rings (SSSR count). The van der Waals surface area contributed by atoms with Gasteiger partial charge in [0.15, 0.2) is 5.96 Å². The van der Waals surface area contributed by atoms with Gasteiger partial charge in [-0.25, -0.2) is 9.97 Å². The highest BCUT2D eigenvalue weighted by atomic mass is 127. The number of guanidine groups is 1. The maximum atomic E-state index is 4.40. The molecule has 2 heterocycles. The van der Waals surface area contributed by atoms with Gasteiger partial charge in [-0.05, 0) is 6.42 Å². The second-order valence-electron chi connectivity index (χ2n) is 4.48. The van der Waals surface area contributed by atoms with Crippen LogP contribution in [0.25, 0.3) is 0 Å². The minimum atomic E-state index is 0. The third-order valence-corrected chi connectivity index (χ3v) is 4.23. The van der Waals surface area contributed by atoms with Gasteiger partial charge < -0.3 is 10.6 Å². The molecule has 7 nitrogen and oxygen atoms in total. The van der Waals surface area contributed by atoms with Gasteiger partial charge in [-0.2, -0.15) is 5.10 Å². The molecule has 0 unspecified atom stereocenters. The molecular formula is C13H22IN7S. The molecule has 0 aromatic carbocycles. The minimum Gasteiger partial charge on any atom is -0.356 e. The second kappa shape index (κ2) is 9.72. The maximum Gasteiger partial charge on any atom is 0.191 e. The minimum absolute atomic E-state index is 0. The fourth-order valence-electron chi connectivity index (χ4n) is 1.78. The Hall–Kier alpha value is -1.23. The van der Waals surface area contributed by atoms with Gasteiger partial charge in [0, 0.05) is 38.1 Å². The van der Waals surface area contributed by atoms with Crippen LogP contribution < -0.4 is 10.6 Å². The Labute approximate surface area is 151 Å². The first-order chi connectivity index (χ1) is 10.2. The first kappa shape index (κ1) is 18.8. The number of thiazole rings is 1. The summed E-state index contributed by atoms with van der Waals surface area (Å²) in [7, 11) is 3.62. The van der Waals surface area contributed by atoms with E-state index in [1.807, 2.05) is 13.2 Å². The van der Waals surface area contributed by atoms with Gasteiger partial charge in [0.25, 0.3) is 0 Å². The van der Waals surface area contributed by atoms with Crippen molar-refractivity contribution in [3.63, 3.8) is 0 Å². The smallest absolute Gasteiger partial charge is 0.191 e. The molecule has 2 aromatic rings. The van der Waals surface area contributed by atoms with Crippen LogP contribution >= 0.6 is 35.3 Å². The topological polar surface area (TPSA) is 80.0 Å². The predicted octanol–water partition coefficient (Wildman–Crippen LogP) is 1.36. The van der Waals surface area contributed by atoms with E-state index in [9.17, 15) is 0 Å². The zero-order chi connectivity index (χ0) is 15.1. The van der Waals surface area contributed by atoms with Crippen LogP contribution in [0.2, 0.25) is 0 Å². The molecule has 0 aliphatic carbocycles. The molecule has 0 aliphatic heterocycles. The van der Waals surface area contributed by atoms with Crippen molar-refractivity contribution in [2.75, 3.05) is 13.6 Å². The van der Waals surface area contributed by atoms with Crippen LogP contribution in [0.5, 0.6) is 0 Å². The summed E-state index contributed by atoms with van der Waals surface area (Å²) in [5, 5.41) is 11.7. The molecule has 0 atom stereocenters. The van der Waals surface area contributed by atoms with E-state index in [0.29, 0.717) is 6.54 Å². The van der Waals surface area contributed by atoms with E-state index in [-0.39, 0.29) is 24.0 Å². The molecule has 0 spiro atoms. The zero-order valence-corrected chi connectivity index (χ0v) is 16.2. The molecule has 0 saturated heterocycles. The standard InChI is InChI=1S/C13H21N7S.HI/c1-4-10-7-16-12(21-10)5-6-15-13(14-2)17-8-11-18-9-19-20(11)3;/h7,9H,4-6,8H2,1-3H3,(H2,14,15,17);1H. The Bertz CT molecular complexity index is 593. The monoisotopic (exact) mass is 435 g/mol. The van der Waals surface area contributed by atoms with E-state index in [2.05, 4.69) is 37.6 Å². The van der Waals surface area contributed by atoms with Crippen molar-refractivity contribution < 1.29 is 0 Å². The van der Waals surface area contributed by atoms with E-state index < -0.39 is 0 Å². The fraction of sp³-hybridized carbons (Fsp3) is 0.538. The Morgan fingerprint density at radius 3 is 2.77 bits per heavy atom. The number of rotatable bonds is 6. The van der Waals surface area contributed by atoms with Crippen molar-refractivity contribution >= 4 is 41.3 Å². The molecule has 0 fully saturated rings. The van der Waals surface area contributed by atoms with Crippen LogP contribution in [-0.4, -0.2) is 39.3 Å². The summed E-state index contributed by atoms with van der Waals surface area (Å²) in [6.45, 7) is 3.54. The quantitative estimate of drug-likeness (QED) is 0.407. The van der Waals surface area contributed by atoms with Crippen LogP contribution in [0.4, 0.5) is 0 Å². The van der Waals surface area contributed by atoms with Crippen molar-refractivity contribution in [3.8, 4) is 0 Å². The maximum absolute atomic E-state index is 4.40. The summed E-state index contributed by atoms with van der Waals surface area (Å²) in [6.07, 6.45) is 5.45. The summed E-state index contributed by atoms with van der Waals surface area (Å²) in [6, 6.07) is 0. The van der Waals surface area contributed by atoms with E-state index in [1.165, 1.54) is 4.88 Å². The normalized spacial score (nSPS) is 11.1. The number of nitrogens with one attached hydrogen (secondary N) is 2. The first-order valence-corrected chi connectivity index (χ1v) is 7.75. The highest BCUT2D eigenvalue weighted by Gasteiger charge is 2.04. The van der Waals surface area contributed by atoms with Gasteiger partial charge in [0.1, 0.15) is 12.2 Å². The number of hydrogen-bond acceptors (Lipinski definition) is 5. The van der Waals surface area contributed by atoms with Crippen molar-refractivity contribution in [2.24, 2.45) is 12.0 Å². The van der Waals surface area contributed by atoms with Crippen molar-refractivity contribution in [3.05, 3.63) is 28.2 Å². The Morgan fingerprint density at radius 2 is 2.18 bits per heavy atom. The first-order valence-electron chi connectivity index (χ1n) is 6.94. The lowest BCUT2D eigenvalue weighted by Gasteiger charge is -2.10. The van der Waals surface area contributed by atoms with Crippen LogP contribution in [0.1, 0.15) is 22.6 Å². The SMILES string of the molecule is CCc1cnc(CCNC(=NC)NCc2ncnn2C)s1.I. The highest BCUT2D eigenvalue weighted by Crippen LogP contribution is 2.13. The molecule has 0 aliphatic rings. The lowest BCUT2D eigenvalue weighted by Crippen LogP contribution is -2.38. The number of aryl methyl sites for hydroxylation is 2. The van der Waals surface area contributed by atoms with Gasteiger partial charge >= 0.3 is 0 Å². The lowest BCUT2D eigenvalue weighted by molar-refractivity contribution is 0.672. The fourth-order valence-corrected chi connectivity index (χ4v) is 2.64. The lowest BCUT2D eigenvalue weighted by atomic mass is 10.4. The Kier molecular flexibility index (Phi) is 8.31. The van der Waals surface area contributed by atoms with Gasteiger partial charge in [0.05, 0.1) is 11.6 Å². The average molecular weight is 435 g/mol. The van der Waals surface area contributed by atoms with Crippen LogP contribution in [0.15, 0.2) is 17.5 Å². The van der Waals surface area contributed by atoms with E-state index >= 15 is 0 Å². The number of halogens is 1. The molecule has 0 bridgehead atoms. The molecule has 22 heavy (non-hydrogen) atoms. The summed E-state index contributed by atoms with van der Waals surface area (Å²) in [5.41, 5.74) is 0. The Balaban J connectivity index is 0.00000242. The van der Waals surface area contributed by atoms with Gasteiger partial charge in [-0.15, -0.1) is 35.3 Å². The van der Waals surface area contributed by atoms with Crippen LogP contribution in [0.3, 0.4) is 0 Å². The van der Waals surface area contributed by atoms with Gasteiger partial charge in [-0.3, -0.25) is 9.67 Å². The molecule has 9 heteroatoms. The van der Waals surface area contributed by atoms with Crippen molar-refractivity contribution in [1.29, 1.82) is 0 Å². The van der Waals surface area contributed by atoms with Gasteiger partial charge in [-0.1, -0.05) is 6.92 Å². The molecule has 0 saturated carbocycles. The number of aliphatic imine (C=N–C) groups is 1. The third-order valence-electron chi connectivity index (χ3n) is 3.02. The summed E-state index contributed by atoms with van der Waals surface area (Å²) < 4.78 is 1.74.